The molecule has 142 valence electrons. The average Bonchev–Trinajstić information content (AvgIpc) is 3.39. The molecule has 0 aliphatic carbocycles. The largest absolute Gasteiger partial charge is 0.322 e. The fourth-order valence-electron chi connectivity index (χ4n) is 3.38. The zero-order valence-electron chi connectivity index (χ0n) is 15.2. The molecule has 1 amide bonds. The molecule has 8 heteroatoms. The quantitative estimate of drug-likeness (QED) is 0.498. The number of aromatic nitrogens is 5. The van der Waals surface area contributed by atoms with Gasteiger partial charge in [0.05, 0.1) is 23.6 Å². The summed E-state index contributed by atoms with van der Waals surface area (Å²) in [6, 6.07) is 16.5. The summed E-state index contributed by atoms with van der Waals surface area (Å²) in [7, 11) is 0. The molecule has 0 unspecified atom stereocenters. The smallest absolute Gasteiger partial charge is 0.261 e. The number of hydrogen-bond acceptors (Lipinski definition) is 4. The number of rotatable bonds is 4. The molecule has 0 saturated heterocycles. The number of anilines is 1. The van der Waals surface area contributed by atoms with Crippen molar-refractivity contribution in [1.82, 2.24) is 24.4 Å². The highest BCUT2D eigenvalue weighted by Crippen LogP contribution is 2.19. The highest BCUT2D eigenvalue weighted by molar-refractivity contribution is 6.08. The number of carbonyl (C=O) groups is 1. The van der Waals surface area contributed by atoms with Gasteiger partial charge < -0.3 is 10.3 Å². The third kappa shape index (κ3) is 2.96. The predicted molar refractivity (Wildman–Crippen MR) is 109 cm³/mol. The molecular formula is C21H16N6O2. The molecule has 2 N–H and O–H groups in total. The van der Waals surface area contributed by atoms with Gasteiger partial charge in [-0.05, 0) is 29.8 Å². The number of nitrogens with zero attached hydrogens (tertiary/aromatic N) is 4. The lowest BCUT2D eigenvalue weighted by molar-refractivity contribution is 0.102. The Hall–Kier alpha value is -4.20. The van der Waals surface area contributed by atoms with Crippen LogP contribution in [0.4, 0.5) is 5.69 Å². The number of nitrogens with one attached hydrogen (secondary N) is 2. The van der Waals surface area contributed by atoms with Crippen molar-refractivity contribution in [2.24, 2.45) is 0 Å². The van der Waals surface area contributed by atoms with Crippen molar-refractivity contribution in [3.8, 4) is 0 Å². The van der Waals surface area contributed by atoms with E-state index in [2.05, 4.69) is 20.5 Å². The molecule has 8 nitrogen and oxygen atoms in total. The van der Waals surface area contributed by atoms with Crippen molar-refractivity contribution in [2.75, 3.05) is 5.32 Å². The molecule has 3 aromatic heterocycles. The summed E-state index contributed by atoms with van der Waals surface area (Å²) in [4.78, 5) is 28.2. The van der Waals surface area contributed by atoms with E-state index in [9.17, 15) is 9.59 Å². The van der Waals surface area contributed by atoms with Gasteiger partial charge in [-0.1, -0.05) is 30.3 Å². The number of hydrogen-bond donors (Lipinski definition) is 2. The molecule has 5 rings (SSSR count). The van der Waals surface area contributed by atoms with Gasteiger partial charge in [0.15, 0.2) is 0 Å². The van der Waals surface area contributed by atoms with Gasteiger partial charge in [0.2, 0.25) is 0 Å². The van der Waals surface area contributed by atoms with Crippen LogP contribution in [-0.2, 0) is 6.54 Å². The molecule has 0 aliphatic rings. The second-order valence-electron chi connectivity index (χ2n) is 6.60. The molecule has 5 aromatic rings. The Kier molecular flexibility index (Phi) is 3.94. The Morgan fingerprint density at radius 2 is 1.86 bits per heavy atom. The minimum absolute atomic E-state index is 0.262. The summed E-state index contributed by atoms with van der Waals surface area (Å²) in [6.45, 7) is 0.527. The minimum Gasteiger partial charge on any atom is -0.322 e. The van der Waals surface area contributed by atoms with Gasteiger partial charge in [0, 0.05) is 18.1 Å². The summed E-state index contributed by atoms with van der Waals surface area (Å²) >= 11 is 0. The Bertz CT molecular complexity index is 1400. The minimum atomic E-state index is -0.348. The van der Waals surface area contributed by atoms with Crippen LogP contribution in [-0.4, -0.2) is 30.3 Å². The molecule has 0 spiro atoms. The lowest BCUT2D eigenvalue weighted by atomic mass is 10.1. The Morgan fingerprint density at radius 1 is 1.03 bits per heavy atom. The van der Waals surface area contributed by atoms with E-state index in [1.807, 2.05) is 42.6 Å². The lowest BCUT2D eigenvalue weighted by Gasteiger charge is -2.11. The van der Waals surface area contributed by atoms with Gasteiger partial charge in [-0.15, -0.1) is 0 Å². The zero-order valence-corrected chi connectivity index (χ0v) is 15.2. The van der Waals surface area contributed by atoms with Gasteiger partial charge in [-0.2, -0.15) is 10.2 Å². The predicted octanol–water partition coefficient (Wildman–Crippen LogP) is 2.67. The van der Waals surface area contributed by atoms with E-state index in [1.165, 1.54) is 6.20 Å². The van der Waals surface area contributed by atoms with E-state index >= 15 is 0 Å². The first-order valence-electron chi connectivity index (χ1n) is 9.06. The number of benzene rings is 2. The number of amides is 1. The van der Waals surface area contributed by atoms with Crippen LogP contribution in [0.5, 0.6) is 0 Å². The topological polar surface area (TPSA) is 97.1 Å². The van der Waals surface area contributed by atoms with E-state index in [0.717, 1.165) is 5.56 Å². The monoisotopic (exact) mass is 384 g/mol. The van der Waals surface area contributed by atoms with Crippen molar-refractivity contribution in [1.29, 1.82) is 0 Å². The fraction of sp³-hybridized carbons (Fsp3) is 0.0476. The van der Waals surface area contributed by atoms with E-state index in [0.29, 0.717) is 34.3 Å². The standard InChI is InChI=1S/C21H16N6O2/c28-20-15-7-2-4-9-18(15)27-19(25-20)16(12-23-27)21(29)24-17-8-3-1-6-14(17)13-26-11-5-10-22-26/h1-12H,13H2,(H,24,29)(H,25,28). The number of fused-ring (bicyclic) bond motifs is 3. The van der Waals surface area contributed by atoms with Gasteiger partial charge in [0.25, 0.3) is 11.5 Å². The summed E-state index contributed by atoms with van der Waals surface area (Å²) in [6.07, 6.45) is 5.03. The number of aromatic amines is 1. The highest BCUT2D eigenvalue weighted by atomic mass is 16.2. The average molecular weight is 384 g/mol. The maximum absolute atomic E-state index is 13.0. The highest BCUT2D eigenvalue weighted by Gasteiger charge is 2.17. The van der Waals surface area contributed by atoms with Gasteiger partial charge in [-0.25, -0.2) is 4.52 Å². The van der Waals surface area contributed by atoms with E-state index < -0.39 is 0 Å². The molecule has 3 heterocycles. The van der Waals surface area contributed by atoms with Crippen LogP contribution in [0.3, 0.4) is 0 Å². The number of carbonyl (C=O) groups excluding carboxylic acids is 1. The summed E-state index contributed by atoms with van der Waals surface area (Å²) in [5.74, 6) is -0.348. The normalized spacial score (nSPS) is 11.2. The fourth-order valence-corrected chi connectivity index (χ4v) is 3.38. The molecule has 29 heavy (non-hydrogen) atoms. The second kappa shape index (κ2) is 6.75. The number of para-hydroxylation sites is 2. The van der Waals surface area contributed by atoms with Gasteiger partial charge >= 0.3 is 0 Å². The van der Waals surface area contributed by atoms with Crippen LogP contribution < -0.4 is 10.9 Å². The molecule has 0 bridgehead atoms. The van der Waals surface area contributed by atoms with E-state index in [1.54, 1.807) is 33.6 Å². The second-order valence-corrected chi connectivity index (χ2v) is 6.60. The van der Waals surface area contributed by atoms with Gasteiger partial charge in [-0.3, -0.25) is 14.3 Å². The maximum atomic E-state index is 13.0. The first-order valence-corrected chi connectivity index (χ1v) is 9.06. The Labute approximate surface area is 164 Å². The first-order chi connectivity index (χ1) is 14.2. The zero-order chi connectivity index (χ0) is 19.8. The van der Waals surface area contributed by atoms with Crippen molar-refractivity contribution in [2.45, 2.75) is 6.54 Å². The molecule has 0 atom stereocenters. The van der Waals surface area contributed by atoms with Crippen LogP contribution in [0.25, 0.3) is 16.6 Å². The van der Waals surface area contributed by atoms with Crippen molar-refractivity contribution in [3.63, 3.8) is 0 Å². The van der Waals surface area contributed by atoms with E-state index in [4.69, 9.17) is 0 Å². The SMILES string of the molecule is O=C(Nc1ccccc1Cn1cccn1)c1cnn2c1[nH]c(=O)c1ccccc12. The van der Waals surface area contributed by atoms with Crippen molar-refractivity contribution >= 4 is 28.1 Å². The van der Waals surface area contributed by atoms with Crippen molar-refractivity contribution < 1.29 is 4.79 Å². The van der Waals surface area contributed by atoms with E-state index in [-0.39, 0.29) is 11.5 Å². The third-order valence-corrected chi connectivity index (χ3v) is 4.78. The van der Waals surface area contributed by atoms with Crippen LogP contribution in [0, 0.1) is 0 Å². The Morgan fingerprint density at radius 3 is 2.72 bits per heavy atom. The van der Waals surface area contributed by atoms with Crippen LogP contribution in [0.2, 0.25) is 0 Å². The lowest BCUT2D eigenvalue weighted by Crippen LogP contribution is -2.16. The third-order valence-electron chi connectivity index (χ3n) is 4.78. The molecule has 0 radical (unpaired) electrons. The molecule has 0 fully saturated rings. The molecule has 0 aliphatic heterocycles. The maximum Gasteiger partial charge on any atom is 0.261 e. The number of H-pyrrole nitrogens is 1. The first kappa shape index (κ1) is 16.9. The van der Waals surface area contributed by atoms with Crippen molar-refractivity contribution in [3.05, 3.63) is 94.7 Å². The van der Waals surface area contributed by atoms with Crippen LogP contribution >= 0.6 is 0 Å². The molecule has 0 saturated carbocycles. The Balaban J connectivity index is 1.53. The van der Waals surface area contributed by atoms with Crippen LogP contribution in [0.15, 0.2) is 78.0 Å². The summed E-state index contributed by atoms with van der Waals surface area (Å²) in [5, 5.41) is 12.0. The van der Waals surface area contributed by atoms with Crippen LogP contribution in [0.1, 0.15) is 15.9 Å². The molecular weight excluding hydrogens is 368 g/mol. The van der Waals surface area contributed by atoms with Gasteiger partial charge in [0.1, 0.15) is 11.2 Å². The summed E-state index contributed by atoms with van der Waals surface area (Å²) < 4.78 is 3.35. The summed E-state index contributed by atoms with van der Waals surface area (Å²) in [5.41, 5.74) is 2.62. The molecule has 2 aromatic carbocycles.